The molecule has 11 heavy (non-hydrogen) atoms. The molecule has 0 bridgehead atoms. The summed E-state index contributed by atoms with van der Waals surface area (Å²) in [6.45, 7) is 2.04. The molecule has 1 rings (SSSR count). The van der Waals surface area contributed by atoms with E-state index in [1.165, 1.54) is 0 Å². The molecular weight excluding hydrogens is 140 g/mol. The van der Waals surface area contributed by atoms with Crippen molar-refractivity contribution in [3.8, 4) is 5.75 Å². The number of hydrogen-bond acceptors (Lipinski definition) is 3. The highest BCUT2D eigenvalue weighted by atomic mass is 16.5. The highest BCUT2D eigenvalue weighted by Gasteiger charge is 1.99. The Morgan fingerprint density at radius 2 is 2.27 bits per heavy atom. The first-order valence-electron chi connectivity index (χ1n) is 3.57. The Hall–Kier alpha value is -1.25. The maximum Gasteiger partial charge on any atom is 0.166 e. The molecule has 0 aliphatic rings. The molecule has 0 atom stereocenters. The van der Waals surface area contributed by atoms with E-state index >= 15 is 0 Å². The van der Waals surface area contributed by atoms with Crippen LogP contribution in [0.4, 0.5) is 5.82 Å². The Morgan fingerprint density at radius 3 is 2.73 bits per heavy atom. The number of anilines is 1. The smallest absolute Gasteiger partial charge is 0.166 e. The maximum absolute atomic E-state index is 5.57. The van der Waals surface area contributed by atoms with Crippen LogP contribution in [0, 0.1) is 0 Å². The van der Waals surface area contributed by atoms with E-state index in [-0.39, 0.29) is 0 Å². The van der Waals surface area contributed by atoms with Gasteiger partial charge in [0.25, 0.3) is 0 Å². The summed E-state index contributed by atoms with van der Waals surface area (Å²) in [5.41, 5.74) is 6.56. The average Bonchev–Trinajstić information content (AvgIpc) is 2.04. The van der Waals surface area contributed by atoms with Crippen molar-refractivity contribution in [3.05, 3.63) is 17.8 Å². The van der Waals surface area contributed by atoms with E-state index in [2.05, 4.69) is 4.98 Å². The van der Waals surface area contributed by atoms with Crippen LogP contribution in [0.3, 0.4) is 0 Å². The molecule has 1 heterocycles. The van der Waals surface area contributed by atoms with E-state index in [1.807, 2.05) is 19.1 Å². The minimum atomic E-state index is 0.465. The molecule has 0 radical (unpaired) electrons. The second-order valence-electron chi connectivity index (χ2n) is 2.24. The van der Waals surface area contributed by atoms with E-state index < -0.39 is 0 Å². The number of nitrogen functional groups attached to an aromatic ring is 1. The summed E-state index contributed by atoms with van der Waals surface area (Å²) in [4.78, 5) is 4.12. The molecule has 60 valence electrons. The first-order chi connectivity index (χ1) is 5.27. The molecule has 1 aromatic heterocycles. The van der Waals surface area contributed by atoms with Gasteiger partial charge in [0, 0.05) is 5.69 Å². The lowest BCUT2D eigenvalue weighted by molar-refractivity contribution is 0.415. The van der Waals surface area contributed by atoms with Crippen molar-refractivity contribution in [3.63, 3.8) is 0 Å². The summed E-state index contributed by atoms with van der Waals surface area (Å²) in [5, 5.41) is 0. The number of ether oxygens (including phenoxy) is 1. The summed E-state index contributed by atoms with van der Waals surface area (Å²) >= 11 is 0. The van der Waals surface area contributed by atoms with Crippen molar-refractivity contribution in [1.82, 2.24) is 4.98 Å². The van der Waals surface area contributed by atoms with Crippen LogP contribution in [0.5, 0.6) is 5.75 Å². The molecule has 0 amide bonds. The zero-order valence-corrected chi connectivity index (χ0v) is 6.79. The van der Waals surface area contributed by atoms with Gasteiger partial charge in [-0.05, 0) is 18.6 Å². The average molecular weight is 152 g/mol. The van der Waals surface area contributed by atoms with Crippen LogP contribution >= 0.6 is 0 Å². The van der Waals surface area contributed by atoms with Crippen molar-refractivity contribution < 1.29 is 4.74 Å². The molecule has 0 aromatic carbocycles. The number of hydrogen-bond donors (Lipinski definition) is 1. The van der Waals surface area contributed by atoms with E-state index in [9.17, 15) is 0 Å². The first-order valence-corrected chi connectivity index (χ1v) is 3.57. The van der Waals surface area contributed by atoms with Crippen molar-refractivity contribution in [2.45, 2.75) is 13.3 Å². The van der Waals surface area contributed by atoms with Gasteiger partial charge in [0.15, 0.2) is 11.6 Å². The lowest BCUT2D eigenvalue weighted by Crippen LogP contribution is -1.97. The molecule has 2 N–H and O–H groups in total. The van der Waals surface area contributed by atoms with E-state index in [0.717, 1.165) is 12.1 Å². The van der Waals surface area contributed by atoms with E-state index in [0.29, 0.717) is 11.6 Å². The number of aromatic nitrogens is 1. The van der Waals surface area contributed by atoms with Crippen LogP contribution in [0.1, 0.15) is 12.6 Å². The third-order valence-electron chi connectivity index (χ3n) is 1.53. The topological polar surface area (TPSA) is 48.1 Å². The molecule has 0 fully saturated rings. The molecule has 0 saturated carbocycles. The van der Waals surface area contributed by atoms with Gasteiger partial charge < -0.3 is 10.5 Å². The van der Waals surface area contributed by atoms with Gasteiger partial charge in [0.1, 0.15) is 0 Å². The molecule has 0 saturated heterocycles. The van der Waals surface area contributed by atoms with Gasteiger partial charge in [0.2, 0.25) is 0 Å². The fourth-order valence-electron chi connectivity index (χ4n) is 0.874. The number of nitrogens with zero attached hydrogens (tertiary/aromatic N) is 1. The van der Waals surface area contributed by atoms with Gasteiger partial charge in [-0.3, -0.25) is 0 Å². The van der Waals surface area contributed by atoms with Crippen LogP contribution in [0.15, 0.2) is 12.1 Å². The number of rotatable bonds is 2. The SMILES string of the molecule is CCc1ccc(OC)c(N)n1. The fraction of sp³-hybridized carbons (Fsp3) is 0.375. The summed E-state index contributed by atoms with van der Waals surface area (Å²) in [6, 6.07) is 3.75. The van der Waals surface area contributed by atoms with Crippen LogP contribution in [0.2, 0.25) is 0 Å². The first kappa shape index (κ1) is 7.85. The van der Waals surface area contributed by atoms with E-state index in [1.54, 1.807) is 7.11 Å². The summed E-state index contributed by atoms with van der Waals surface area (Å²) in [6.07, 6.45) is 0.897. The predicted octanol–water partition coefficient (Wildman–Crippen LogP) is 1.23. The standard InChI is InChI=1S/C8H12N2O/c1-3-6-4-5-7(11-2)8(9)10-6/h4-5H,3H2,1-2H3,(H2,9,10). The molecule has 0 unspecified atom stereocenters. The fourth-order valence-corrected chi connectivity index (χ4v) is 0.874. The molecule has 0 aliphatic heterocycles. The second-order valence-corrected chi connectivity index (χ2v) is 2.24. The Kier molecular flexibility index (Phi) is 2.31. The van der Waals surface area contributed by atoms with E-state index in [4.69, 9.17) is 10.5 Å². The number of pyridine rings is 1. The highest BCUT2D eigenvalue weighted by molar-refractivity contribution is 5.46. The molecule has 1 aromatic rings. The summed E-state index contributed by atoms with van der Waals surface area (Å²) in [7, 11) is 1.58. The van der Waals surface area contributed by atoms with Gasteiger partial charge in [-0.2, -0.15) is 0 Å². The van der Waals surface area contributed by atoms with Crippen molar-refractivity contribution in [1.29, 1.82) is 0 Å². The minimum absolute atomic E-state index is 0.465. The van der Waals surface area contributed by atoms with Crippen LogP contribution in [-0.2, 0) is 6.42 Å². The van der Waals surface area contributed by atoms with Crippen molar-refractivity contribution in [2.24, 2.45) is 0 Å². The summed E-state index contributed by atoms with van der Waals surface area (Å²) < 4.78 is 4.96. The van der Waals surface area contributed by atoms with Crippen LogP contribution in [0.25, 0.3) is 0 Å². The Morgan fingerprint density at radius 1 is 1.55 bits per heavy atom. The normalized spacial score (nSPS) is 9.64. The maximum atomic E-state index is 5.57. The van der Waals surface area contributed by atoms with Gasteiger partial charge in [-0.25, -0.2) is 4.98 Å². The molecular formula is C8H12N2O. The van der Waals surface area contributed by atoms with Crippen molar-refractivity contribution >= 4 is 5.82 Å². The third-order valence-corrected chi connectivity index (χ3v) is 1.53. The third kappa shape index (κ3) is 1.61. The zero-order valence-electron chi connectivity index (χ0n) is 6.79. The van der Waals surface area contributed by atoms with Crippen LogP contribution < -0.4 is 10.5 Å². The van der Waals surface area contributed by atoms with Crippen molar-refractivity contribution in [2.75, 3.05) is 12.8 Å². The second kappa shape index (κ2) is 3.23. The lowest BCUT2D eigenvalue weighted by Gasteiger charge is -2.03. The number of aryl methyl sites for hydroxylation is 1. The van der Waals surface area contributed by atoms with Gasteiger partial charge in [0.05, 0.1) is 7.11 Å². The molecule has 0 spiro atoms. The molecule has 3 heteroatoms. The van der Waals surface area contributed by atoms with Gasteiger partial charge in [-0.1, -0.05) is 6.92 Å². The molecule has 3 nitrogen and oxygen atoms in total. The highest BCUT2D eigenvalue weighted by Crippen LogP contribution is 2.17. The van der Waals surface area contributed by atoms with Gasteiger partial charge in [-0.15, -0.1) is 0 Å². The Labute approximate surface area is 66.2 Å². The Balaban J connectivity index is 2.99. The Bertz CT molecular complexity index is 248. The van der Waals surface area contributed by atoms with Crippen LogP contribution in [-0.4, -0.2) is 12.1 Å². The largest absolute Gasteiger partial charge is 0.493 e. The zero-order chi connectivity index (χ0) is 8.27. The molecule has 0 aliphatic carbocycles. The lowest BCUT2D eigenvalue weighted by atomic mass is 10.3. The summed E-state index contributed by atoms with van der Waals surface area (Å²) in [5.74, 6) is 1.11. The van der Waals surface area contributed by atoms with Gasteiger partial charge >= 0.3 is 0 Å². The predicted molar refractivity (Wildman–Crippen MR) is 44.6 cm³/mol. The quantitative estimate of drug-likeness (QED) is 0.693. The monoisotopic (exact) mass is 152 g/mol. The number of nitrogens with two attached hydrogens (primary N) is 1. The minimum Gasteiger partial charge on any atom is -0.493 e. The number of methoxy groups -OCH3 is 1.